The first kappa shape index (κ1) is 11.6. The molecule has 2 aliphatic rings. The van der Waals surface area contributed by atoms with Crippen LogP contribution in [0.4, 0.5) is 0 Å². The van der Waals surface area contributed by atoms with Gasteiger partial charge in [0.2, 0.25) is 0 Å². The highest BCUT2D eigenvalue weighted by Gasteiger charge is 2.49. The highest BCUT2D eigenvalue weighted by atomic mass is 16.1. The van der Waals surface area contributed by atoms with Crippen LogP contribution in [0, 0.1) is 10.8 Å². The van der Waals surface area contributed by atoms with Gasteiger partial charge in [0, 0.05) is 11.8 Å². The summed E-state index contributed by atoms with van der Waals surface area (Å²) < 4.78 is 0. The van der Waals surface area contributed by atoms with Gasteiger partial charge in [-0.1, -0.05) is 24.6 Å². The molecule has 0 saturated heterocycles. The standard InChI is InChI=1S/C15H22O/c1-4-5-10-15(3)12-7-6-9-14(12,2)11-8-13(15)16/h4,7H,1,5-6,8-11H2,2-3H3/t14-,15+/m0/s1. The number of fused-ring (bicyclic) bond motifs is 1. The first-order chi connectivity index (χ1) is 7.53. The number of rotatable bonds is 3. The summed E-state index contributed by atoms with van der Waals surface area (Å²) in [5.74, 6) is 0.444. The molecule has 1 fully saturated rings. The van der Waals surface area contributed by atoms with E-state index in [0.29, 0.717) is 11.2 Å². The molecule has 16 heavy (non-hydrogen) atoms. The van der Waals surface area contributed by atoms with Crippen molar-refractivity contribution in [3.05, 3.63) is 24.3 Å². The fourth-order valence-corrected chi connectivity index (χ4v) is 3.55. The summed E-state index contributed by atoms with van der Waals surface area (Å²) in [6.07, 6.45) is 10.4. The molecule has 2 atom stereocenters. The number of allylic oxidation sites excluding steroid dienone is 3. The maximum Gasteiger partial charge on any atom is 0.142 e. The van der Waals surface area contributed by atoms with Crippen molar-refractivity contribution in [1.29, 1.82) is 0 Å². The van der Waals surface area contributed by atoms with Gasteiger partial charge >= 0.3 is 0 Å². The Hall–Kier alpha value is -0.850. The van der Waals surface area contributed by atoms with Crippen molar-refractivity contribution >= 4 is 5.78 Å². The number of Topliss-reactive ketones (excluding diaryl/α,β-unsaturated/α-hetero) is 1. The molecule has 2 aliphatic carbocycles. The lowest BCUT2D eigenvalue weighted by atomic mass is 9.59. The third-order valence-corrected chi connectivity index (χ3v) is 4.66. The van der Waals surface area contributed by atoms with Gasteiger partial charge in [-0.3, -0.25) is 4.79 Å². The smallest absolute Gasteiger partial charge is 0.142 e. The van der Waals surface area contributed by atoms with Crippen molar-refractivity contribution in [2.75, 3.05) is 0 Å². The zero-order chi connectivity index (χ0) is 11.8. The molecule has 0 radical (unpaired) electrons. The SMILES string of the molecule is C=CCC[C@@]1(C)C(=O)CC[C@]2(C)CCC=C21. The Balaban J connectivity index is 2.32. The van der Waals surface area contributed by atoms with Crippen molar-refractivity contribution < 1.29 is 4.79 Å². The molecule has 0 aromatic rings. The minimum Gasteiger partial charge on any atom is -0.299 e. The molecule has 1 heteroatoms. The van der Waals surface area contributed by atoms with Gasteiger partial charge in [-0.25, -0.2) is 0 Å². The number of hydrogen-bond donors (Lipinski definition) is 0. The summed E-state index contributed by atoms with van der Waals surface area (Å²) in [5.41, 5.74) is 1.54. The summed E-state index contributed by atoms with van der Waals surface area (Å²) in [5, 5.41) is 0. The van der Waals surface area contributed by atoms with Crippen LogP contribution < -0.4 is 0 Å². The summed E-state index contributed by atoms with van der Waals surface area (Å²) >= 11 is 0. The molecule has 0 aromatic heterocycles. The Kier molecular flexibility index (Phi) is 2.81. The topological polar surface area (TPSA) is 17.1 Å². The van der Waals surface area contributed by atoms with Crippen LogP contribution in [0.5, 0.6) is 0 Å². The molecule has 0 aliphatic heterocycles. The van der Waals surface area contributed by atoms with E-state index in [1.807, 2.05) is 6.08 Å². The Labute approximate surface area is 98.6 Å². The fraction of sp³-hybridized carbons (Fsp3) is 0.667. The van der Waals surface area contributed by atoms with E-state index in [9.17, 15) is 4.79 Å². The number of ketones is 1. The van der Waals surface area contributed by atoms with Crippen LogP contribution in [0.1, 0.15) is 52.4 Å². The van der Waals surface area contributed by atoms with Crippen molar-refractivity contribution in [2.24, 2.45) is 10.8 Å². The van der Waals surface area contributed by atoms with E-state index in [1.165, 1.54) is 12.0 Å². The number of hydrogen-bond acceptors (Lipinski definition) is 1. The van der Waals surface area contributed by atoms with Gasteiger partial charge in [0.05, 0.1) is 0 Å². The zero-order valence-electron chi connectivity index (χ0n) is 10.5. The van der Waals surface area contributed by atoms with Crippen molar-refractivity contribution in [3.63, 3.8) is 0 Å². The molecule has 0 bridgehead atoms. The first-order valence-corrected chi connectivity index (χ1v) is 6.38. The van der Waals surface area contributed by atoms with Gasteiger partial charge in [-0.2, -0.15) is 0 Å². The van der Waals surface area contributed by atoms with Gasteiger partial charge in [0.1, 0.15) is 5.78 Å². The van der Waals surface area contributed by atoms with Crippen LogP contribution >= 0.6 is 0 Å². The van der Waals surface area contributed by atoms with Crippen LogP contribution in [-0.4, -0.2) is 5.78 Å². The van der Waals surface area contributed by atoms with E-state index < -0.39 is 0 Å². The summed E-state index contributed by atoms with van der Waals surface area (Å²) in [7, 11) is 0. The Morgan fingerprint density at radius 1 is 1.44 bits per heavy atom. The Morgan fingerprint density at radius 2 is 2.19 bits per heavy atom. The van der Waals surface area contributed by atoms with Gasteiger partial charge in [0.25, 0.3) is 0 Å². The third-order valence-electron chi connectivity index (χ3n) is 4.66. The second kappa shape index (κ2) is 3.87. The molecule has 88 valence electrons. The quantitative estimate of drug-likeness (QED) is 0.653. The van der Waals surface area contributed by atoms with Crippen LogP contribution in [0.2, 0.25) is 0 Å². The highest BCUT2D eigenvalue weighted by Crippen LogP contribution is 2.56. The van der Waals surface area contributed by atoms with Crippen molar-refractivity contribution in [2.45, 2.75) is 52.4 Å². The molecule has 0 aromatic carbocycles. The molecule has 0 heterocycles. The summed E-state index contributed by atoms with van der Waals surface area (Å²) in [4.78, 5) is 12.2. The van der Waals surface area contributed by atoms with E-state index in [1.54, 1.807) is 0 Å². The van der Waals surface area contributed by atoms with E-state index in [-0.39, 0.29) is 5.41 Å². The molecule has 1 nitrogen and oxygen atoms in total. The van der Waals surface area contributed by atoms with E-state index in [2.05, 4.69) is 26.5 Å². The Bertz CT molecular complexity index is 352. The predicted octanol–water partition coefficient (Wildman–Crippen LogP) is 4.05. The molecule has 0 unspecified atom stereocenters. The lowest BCUT2D eigenvalue weighted by Gasteiger charge is -2.44. The van der Waals surface area contributed by atoms with Crippen LogP contribution in [0.15, 0.2) is 24.3 Å². The zero-order valence-corrected chi connectivity index (χ0v) is 10.5. The molecule has 2 rings (SSSR count). The maximum atomic E-state index is 12.2. The average Bonchev–Trinajstić information content (AvgIpc) is 2.65. The monoisotopic (exact) mass is 218 g/mol. The van der Waals surface area contributed by atoms with Gasteiger partial charge < -0.3 is 0 Å². The molecule has 0 N–H and O–H groups in total. The molecular formula is C15H22O. The largest absolute Gasteiger partial charge is 0.299 e. The first-order valence-electron chi connectivity index (χ1n) is 6.38. The second-order valence-corrected chi connectivity index (χ2v) is 5.80. The minimum absolute atomic E-state index is 0.197. The Morgan fingerprint density at radius 3 is 2.88 bits per heavy atom. The van der Waals surface area contributed by atoms with E-state index in [0.717, 1.165) is 32.1 Å². The van der Waals surface area contributed by atoms with Crippen LogP contribution in [0.25, 0.3) is 0 Å². The lowest BCUT2D eigenvalue weighted by Crippen LogP contribution is -2.41. The molecular weight excluding hydrogens is 196 g/mol. The normalized spacial score (nSPS) is 38.1. The second-order valence-electron chi connectivity index (χ2n) is 5.80. The van der Waals surface area contributed by atoms with Crippen LogP contribution in [-0.2, 0) is 4.79 Å². The molecule has 1 saturated carbocycles. The predicted molar refractivity (Wildman–Crippen MR) is 67.2 cm³/mol. The van der Waals surface area contributed by atoms with E-state index in [4.69, 9.17) is 0 Å². The fourth-order valence-electron chi connectivity index (χ4n) is 3.55. The molecule has 0 amide bonds. The van der Waals surface area contributed by atoms with Crippen LogP contribution in [0.3, 0.4) is 0 Å². The molecule has 0 spiro atoms. The summed E-state index contributed by atoms with van der Waals surface area (Å²) in [6.45, 7) is 8.26. The van der Waals surface area contributed by atoms with Crippen molar-refractivity contribution in [1.82, 2.24) is 0 Å². The van der Waals surface area contributed by atoms with E-state index >= 15 is 0 Å². The van der Waals surface area contributed by atoms with Gasteiger partial charge in [-0.15, -0.1) is 6.58 Å². The highest BCUT2D eigenvalue weighted by molar-refractivity contribution is 5.89. The van der Waals surface area contributed by atoms with Crippen molar-refractivity contribution in [3.8, 4) is 0 Å². The number of carbonyl (C=O) groups excluding carboxylic acids is 1. The number of carbonyl (C=O) groups is 1. The van der Waals surface area contributed by atoms with Gasteiger partial charge in [0.15, 0.2) is 0 Å². The average molecular weight is 218 g/mol. The third kappa shape index (κ3) is 1.57. The lowest BCUT2D eigenvalue weighted by molar-refractivity contribution is -0.129. The van der Waals surface area contributed by atoms with Gasteiger partial charge in [-0.05, 0) is 44.4 Å². The summed E-state index contributed by atoms with van der Waals surface area (Å²) in [6, 6.07) is 0. The minimum atomic E-state index is -0.197. The maximum absolute atomic E-state index is 12.2.